The number of carboxylic acids is 1. The Labute approximate surface area is 110 Å². The Morgan fingerprint density at radius 3 is 2.89 bits per heavy atom. The molecule has 0 saturated carbocycles. The number of fused-ring (bicyclic) bond motifs is 1. The van der Waals surface area contributed by atoms with Gasteiger partial charge in [0.15, 0.2) is 0 Å². The largest absolute Gasteiger partial charge is 0.535 e. The zero-order valence-electron chi connectivity index (χ0n) is 10.5. The second-order valence-electron chi connectivity index (χ2n) is 4.38. The van der Waals surface area contributed by atoms with Crippen LogP contribution in [0.4, 0.5) is 0 Å². The van der Waals surface area contributed by atoms with Crippen LogP contribution in [0.5, 0.6) is 11.5 Å². The van der Waals surface area contributed by atoms with Crippen molar-refractivity contribution in [1.29, 1.82) is 0 Å². The first-order chi connectivity index (χ1) is 9.08. The Bertz CT molecular complexity index is 489. The van der Waals surface area contributed by atoms with E-state index in [4.69, 9.17) is 14.5 Å². The number of benzene rings is 1. The first kappa shape index (κ1) is 13.7. The zero-order valence-corrected chi connectivity index (χ0v) is 10.5. The minimum atomic E-state index is -1.18. The molecule has 6 nitrogen and oxygen atoms in total. The van der Waals surface area contributed by atoms with E-state index in [1.165, 1.54) is 7.11 Å². The minimum absolute atomic E-state index is 0.0364. The number of methoxy groups -OCH3 is 1. The number of carbonyl (C=O) groups is 1. The molecule has 0 bridgehead atoms. The van der Waals surface area contributed by atoms with Crippen LogP contribution >= 0.6 is 0 Å². The third kappa shape index (κ3) is 2.52. The third-order valence-electron chi connectivity index (χ3n) is 3.24. The monoisotopic (exact) mass is 266 g/mol. The van der Waals surface area contributed by atoms with Gasteiger partial charge in [0.05, 0.1) is 7.11 Å². The van der Waals surface area contributed by atoms with Crippen molar-refractivity contribution in [2.45, 2.75) is 18.7 Å². The highest BCUT2D eigenvalue weighted by Crippen LogP contribution is 2.42. The molecule has 1 unspecified atom stereocenters. The van der Waals surface area contributed by atoms with Crippen LogP contribution in [-0.4, -0.2) is 42.0 Å². The van der Waals surface area contributed by atoms with Gasteiger partial charge in [0.2, 0.25) is 0 Å². The molecule has 7 heteroatoms. The second kappa shape index (κ2) is 5.50. The van der Waals surface area contributed by atoms with E-state index >= 15 is 0 Å². The highest BCUT2D eigenvalue weighted by atomic mass is 16.5. The van der Waals surface area contributed by atoms with E-state index in [1.807, 2.05) is 0 Å². The number of aromatic carboxylic acids is 1. The fourth-order valence-corrected chi connectivity index (χ4v) is 2.39. The molecule has 0 radical (unpaired) electrons. The number of aliphatic hydroxyl groups excluding tert-OH is 1. The summed E-state index contributed by atoms with van der Waals surface area (Å²) in [6.45, 7) is -0.0364. The van der Waals surface area contributed by atoms with Crippen LogP contribution in [0.25, 0.3) is 0 Å². The highest BCUT2D eigenvalue weighted by molar-refractivity contribution is 6.44. The predicted octanol–water partition coefficient (Wildman–Crippen LogP) is 0.732. The Morgan fingerprint density at radius 2 is 2.32 bits per heavy atom. The van der Waals surface area contributed by atoms with Gasteiger partial charge in [-0.1, -0.05) is 6.07 Å². The first-order valence-electron chi connectivity index (χ1n) is 5.98. The molecule has 0 amide bonds. The van der Waals surface area contributed by atoms with Gasteiger partial charge in [-0.2, -0.15) is 0 Å². The van der Waals surface area contributed by atoms with Crippen LogP contribution in [0, 0.1) is 0 Å². The van der Waals surface area contributed by atoms with E-state index in [-0.39, 0.29) is 29.6 Å². The molecule has 0 fully saturated rings. The average Bonchev–Trinajstić information content (AvgIpc) is 2.37. The minimum Gasteiger partial charge on any atom is -0.535 e. The van der Waals surface area contributed by atoms with Gasteiger partial charge in [0, 0.05) is 12.9 Å². The van der Waals surface area contributed by atoms with Gasteiger partial charge in [0.1, 0.15) is 17.1 Å². The van der Waals surface area contributed by atoms with Crippen LogP contribution in [0.15, 0.2) is 12.1 Å². The van der Waals surface area contributed by atoms with Gasteiger partial charge < -0.3 is 24.6 Å². The predicted molar refractivity (Wildman–Crippen MR) is 67.8 cm³/mol. The van der Waals surface area contributed by atoms with Crippen LogP contribution in [0.1, 0.15) is 28.3 Å². The molecule has 3 N–H and O–H groups in total. The number of rotatable bonds is 4. The van der Waals surface area contributed by atoms with Crippen LogP contribution in [-0.2, 0) is 0 Å². The van der Waals surface area contributed by atoms with E-state index in [9.17, 15) is 14.9 Å². The van der Waals surface area contributed by atoms with E-state index in [2.05, 4.69) is 0 Å². The van der Waals surface area contributed by atoms with Crippen molar-refractivity contribution in [3.8, 4) is 11.5 Å². The summed E-state index contributed by atoms with van der Waals surface area (Å²) < 4.78 is 10.3. The summed E-state index contributed by atoms with van der Waals surface area (Å²) >= 11 is 0. The Morgan fingerprint density at radius 1 is 1.58 bits per heavy atom. The van der Waals surface area contributed by atoms with Crippen molar-refractivity contribution in [3.05, 3.63) is 23.3 Å². The normalized spacial score (nSPS) is 17.6. The van der Waals surface area contributed by atoms with E-state index < -0.39 is 13.1 Å². The molecule has 1 aromatic rings. The molecule has 1 aromatic carbocycles. The molecule has 1 aliphatic rings. The lowest BCUT2D eigenvalue weighted by Gasteiger charge is -2.28. The summed E-state index contributed by atoms with van der Waals surface area (Å²) in [5.74, 6) is -0.995. The molecule has 19 heavy (non-hydrogen) atoms. The molecule has 0 aromatic heterocycles. The molecular weight excluding hydrogens is 251 g/mol. The van der Waals surface area contributed by atoms with Crippen molar-refractivity contribution < 1.29 is 29.4 Å². The molecule has 0 saturated heterocycles. The number of hydrogen-bond acceptors (Lipinski definition) is 5. The lowest BCUT2D eigenvalue weighted by molar-refractivity contribution is 0.0690. The van der Waals surface area contributed by atoms with Gasteiger partial charge in [-0.05, 0) is 24.0 Å². The number of aliphatic hydroxyl groups is 1. The average molecular weight is 266 g/mol. The Hall–Kier alpha value is -1.73. The summed E-state index contributed by atoms with van der Waals surface area (Å²) in [5, 5.41) is 28.0. The van der Waals surface area contributed by atoms with Crippen molar-refractivity contribution in [1.82, 2.24) is 0 Å². The standard InChI is InChI=1S/C12H15BO6/c1-18-9-3-2-8-7(4-5-14)6-13(17)19-11(8)10(9)12(15)16/h2-3,7,14,17H,4-6H2,1H3,(H,15,16). The van der Waals surface area contributed by atoms with Gasteiger partial charge in [-0.3, -0.25) is 0 Å². The summed E-state index contributed by atoms with van der Waals surface area (Å²) in [6.07, 6.45) is 0.776. The van der Waals surface area contributed by atoms with Gasteiger partial charge in [-0.25, -0.2) is 4.79 Å². The zero-order chi connectivity index (χ0) is 14.0. The topological polar surface area (TPSA) is 96.2 Å². The molecule has 0 spiro atoms. The number of ether oxygens (including phenoxy) is 1. The molecule has 1 heterocycles. The smallest absolute Gasteiger partial charge is 0.523 e. The third-order valence-corrected chi connectivity index (χ3v) is 3.24. The van der Waals surface area contributed by atoms with E-state index in [0.29, 0.717) is 18.3 Å². The summed E-state index contributed by atoms with van der Waals surface area (Å²) in [6, 6.07) is 3.28. The van der Waals surface area contributed by atoms with Crippen LogP contribution in [0.2, 0.25) is 6.32 Å². The van der Waals surface area contributed by atoms with E-state index in [1.54, 1.807) is 12.1 Å². The van der Waals surface area contributed by atoms with Crippen molar-refractivity contribution in [2.75, 3.05) is 13.7 Å². The fourth-order valence-electron chi connectivity index (χ4n) is 2.39. The molecule has 2 rings (SSSR count). The summed E-state index contributed by atoms with van der Waals surface area (Å²) in [7, 11) is 0.299. The SMILES string of the molecule is COc1ccc2c(c1C(=O)O)OB(O)CC2CCO. The maximum atomic E-state index is 11.3. The second-order valence-corrected chi connectivity index (χ2v) is 4.38. The maximum Gasteiger partial charge on any atom is 0.523 e. The van der Waals surface area contributed by atoms with Crippen LogP contribution < -0.4 is 9.39 Å². The van der Waals surface area contributed by atoms with Gasteiger partial charge in [-0.15, -0.1) is 0 Å². The Balaban J connectivity index is 2.55. The molecule has 1 aliphatic heterocycles. The summed E-state index contributed by atoms with van der Waals surface area (Å²) in [4.78, 5) is 11.3. The quantitative estimate of drug-likeness (QED) is 0.695. The van der Waals surface area contributed by atoms with Crippen LogP contribution in [0.3, 0.4) is 0 Å². The fraction of sp³-hybridized carbons (Fsp3) is 0.417. The van der Waals surface area contributed by atoms with Gasteiger partial charge >= 0.3 is 13.1 Å². The van der Waals surface area contributed by atoms with Crippen molar-refractivity contribution in [3.63, 3.8) is 0 Å². The number of carboxylic acid groups (broad SMARTS) is 1. The lowest BCUT2D eigenvalue weighted by atomic mass is 9.70. The van der Waals surface area contributed by atoms with Crippen molar-refractivity contribution in [2.24, 2.45) is 0 Å². The molecule has 1 atom stereocenters. The highest BCUT2D eigenvalue weighted by Gasteiger charge is 2.35. The van der Waals surface area contributed by atoms with Crippen molar-refractivity contribution >= 4 is 13.1 Å². The molecular formula is C12H15BO6. The molecule has 102 valence electrons. The Kier molecular flexibility index (Phi) is 3.97. The maximum absolute atomic E-state index is 11.3. The first-order valence-corrected chi connectivity index (χ1v) is 5.98. The van der Waals surface area contributed by atoms with Gasteiger partial charge in [0.25, 0.3) is 0 Å². The molecule has 0 aliphatic carbocycles. The number of hydrogen-bond donors (Lipinski definition) is 3. The van der Waals surface area contributed by atoms with E-state index in [0.717, 1.165) is 0 Å². The lowest BCUT2D eigenvalue weighted by Crippen LogP contribution is -2.31. The summed E-state index contributed by atoms with van der Waals surface area (Å²) in [5.41, 5.74) is 0.583.